The van der Waals surface area contributed by atoms with Crippen molar-refractivity contribution in [2.45, 2.75) is 148 Å². The number of rotatable bonds is 29. The minimum absolute atomic E-state index is 0.00987. The third-order valence-corrected chi connectivity index (χ3v) is 15.3. The van der Waals surface area contributed by atoms with Gasteiger partial charge in [-0.2, -0.15) is 4.48 Å². The number of likely N-dealkylation sites (tertiary alicyclic amines) is 1. The summed E-state index contributed by atoms with van der Waals surface area (Å²) in [5.74, 6) is -6.82. The number of carbonyl (C=O) groups is 9. The van der Waals surface area contributed by atoms with Crippen LogP contribution in [0.15, 0.2) is 97.3 Å². The maximum absolute atomic E-state index is 14.0. The number of pyridine rings is 2. The van der Waals surface area contributed by atoms with E-state index in [0.29, 0.717) is 36.3 Å². The lowest BCUT2D eigenvalue weighted by molar-refractivity contribution is -1.16. The quantitative estimate of drug-likeness (QED) is 0.0215. The summed E-state index contributed by atoms with van der Waals surface area (Å²) in [4.78, 5) is 118. The number of aromatic nitrogens is 2. The van der Waals surface area contributed by atoms with Gasteiger partial charge < -0.3 is 52.3 Å². The van der Waals surface area contributed by atoms with Gasteiger partial charge in [-0.05, 0) is 106 Å². The molecule has 2 aromatic heterocycles. The lowest BCUT2D eigenvalue weighted by atomic mass is 10.0. The number of carbonyl (C=O) groups excluding carboxylic acids is 7. The topological polar surface area (TPSA) is 289 Å². The molecule has 0 spiro atoms. The van der Waals surface area contributed by atoms with Gasteiger partial charge in [0.25, 0.3) is 0 Å². The molecule has 0 saturated carbocycles. The third kappa shape index (κ3) is 16.7. The largest absolute Gasteiger partial charge is 0.484 e. The molecular weight excluding hydrogens is 1040 g/mol. The summed E-state index contributed by atoms with van der Waals surface area (Å²) in [6, 6.07) is 20.8. The van der Waals surface area contributed by atoms with Gasteiger partial charge in [0, 0.05) is 68.1 Å². The van der Waals surface area contributed by atoms with E-state index in [1.807, 2.05) is 19.1 Å². The molecule has 3 aliphatic heterocycles. The van der Waals surface area contributed by atoms with E-state index in [4.69, 9.17) is 0 Å². The molecule has 9 N–H and O–H groups in total. The summed E-state index contributed by atoms with van der Waals surface area (Å²) in [5.41, 5.74) is 5.19. The average molecular weight is 1120 g/mol. The van der Waals surface area contributed by atoms with Crippen molar-refractivity contribution >= 4 is 64.8 Å². The summed E-state index contributed by atoms with van der Waals surface area (Å²) in [6.45, 7) is 9.04. The fourth-order valence-electron chi connectivity index (χ4n) is 11.0. The molecule has 81 heavy (non-hydrogen) atoms. The summed E-state index contributed by atoms with van der Waals surface area (Å²) < 4.78 is 5.78. The molecule has 5 heterocycles. The highest BCUT2D eigenvalue weighted by Gasteiger charge is 2.64. The number of aliphatic carboxylic acids is 2. The molecule has 432 valence electrons. The van der Waals surface area contributed by atoms with E-state index < -0.39 is 78.1 Å². The number of unbranched alkanes of at least 4 members (excludes halogenated alkanes) is 4. The van der Waals surface area contributed by atoms with Crippen molar-refractivity contribution in [2.75, 3.05) is 36.8 Å². The van der Waals surface area contributed by atoms with Crippen molar-refractivity contribution in [1.29, 1.82) is 0 Å². The van der Waals surface area contributed by atoms with Crippen molar-refractivity contribution in [3.63, 3.8) is 0 Å². The second kappa shape index (κ2) is 28.7. The van der Waals surface area contributed by atoms with Gasteiger partial charge in [0.1, 0.15) is 24.2 Å². The molecule has 1 fully saturated rings. The van der Waals surface area contributed by atoms with Crippen molar-refractivity contribution in [2.24, 2.45) is 5.92 Å². The number of nitrogens with zero attached hydrogens (tertiary/aromatic N) is 4. The van der Waals surface area contributed by atoms with Gasteiger partial charge in [-0.15, -0.1) is 0 Å². The van der Waals surface area contributed by atoms with E-state index in [2.05, 4.69) is 95.1 Å². The first kappa shape index (κ1) is 60.4. The number of anilines is 2. The molecule has 0 unspecified atom stereocenters. The first-order valence-electron chi connectivity index (χ1n) is 28.2. The number of quaternary nitrogens is 1. The standard InChI is InChI=1S/C59H75N11O11/c1-39(2)53(56(78)69-33-16-22-48(69)57(79)80)66-55(77)47(36-52(74)75)64-54(76)46(63-51(73)35-41-23-25-42(26-24-41)62-58(81)65-45-20-7-6-17-40(45)3)21-8-12-30-61-50(72)28-27-49(71)60-29-11-4-5-15-34-70-37-43-18-9-13-31-67(43)59(70)68-32-14-10-19-44(68)38-70/h6-7,9-10,13-14,17-20,23-26,31-32,39,46-48,53,59H,4-5,8,11-12,15-16,21-22,27-30,33-38H2,1-3H3,(H6-3,60,61,62,63,64,65,66,71,72,73,74,75,76,77,79,80,81)/p+3/t46-,47-,48-,53-,59?,70?/m0/s1. The number of urea groups is 1. The Kier molecular flexibility index (Phi) is 21.4. The Labute approximate surface area is 472 Å². The normalized spacial score (nSPS) is 17.8. The van der Waals surface area contributed by atoms with E-state index in [-0.39, 0.29) is 69.7 Å². The van der Waals surface area contributed by atoms with Crippen molar-refractivity contribution in [1.82, 2.24) is 31.5 Å². The highest BCUT2D eigenvalue weighted by molar-refractivity contribution is 6.00. The van der Waals surface area contributed by atoms with Gasteiger partial charge in [-0.25, -0.2) is 9.59 Å². The minimum atomic E-state index is -1.69. The highest BCUT2D eigenvalue weighted by Crippen LogP contribution is 2.35. The van der Waals surface area contributed by atoms with Gasteiger partial charge in [-0.1, -0.05) is 59.7 Å². The number of hydrogen-bond acceptors (Lipinski definition) is 9. The molecule has 0 bridgehead atoms. The van der Waals surface area contributed by atoms with Crippen LogP contribution in [-0.2, 0) is 57.9 Å². The summed E-state index contributed by atoms with van der Waals surface area (Å²) >= 11 is 0. The Morgan fingerprint density at radius 1 is 0.667 bits per heavy atom. The Balaban J connectivity index is 0.863. The van der Waals surface area contributed by atoms with Crippen molar-refractivity contribution < 1.29 is 67.0 Å². The van der Waals surface area contributed by atoms with Gasteiger partial charge in [-0.3, -0.25) is 33.6 Å². The van der Waals surface area contributed by atoms with E-state index >= 15 is 0 Å². The second-order valence-corrected chi connectivity index (χ2v) is 21.7. The predicted molar refractivity (Wildman–Crippen MR) is 297 cm³/mol. The molecule has 7 rings (SSSR count). The molecule has 22 nitrogen and oxygen atoms in total. The van der Waals surface area contributed by atoms with Gasteiger partial charge >= 0.3 is 24.3 Å². The number of carboxylic acids is 2. The number of carboxylic acid groups (broad SMARTS) is 2. The van der Waals surface area contributed by atoms with E-state index in [9.17, 15) is 53.4 Å². The zero-order chi connectivity index (χ0) is 58.1. The molecule has 22 heteroatoms. The fourth-order valence-corrected chi connectivity index (χ4v) is 11.0. The summed E-state index contributed by atoms with van der Waals surface area (Å²) in [7, 11) is 0. The van der Waals surface area contributed by atoms with E-state index in [1.54, 1.807) is 50.2 Å². The maximum atomic E-state index is 14.0. The molecule has 3 aliphatic rings. The van der Waals surface area contributed by atoms with Crippen molar-refractivity contribution in [3.8, 4) is 0 Å². The first-order chi connectivity index (χ1) is 38.9. The molecule has 4 atom stereocenters. The summed E-state index contributed by atoms with van der Waals surface area (Å²) in [6.07, 6.45) is 8.73. The van der Waals surface area contributed by atoms with Crippen LogP contribution in [0.25, 0.3) is 0 Å². The molecule has 8 amide bonds. The number of amides is 8. The number of nitrogens with one attached hydrogen (secondary N) is 7. The van der Waals surface area contributed by atoms with Crippen LogP contribution in [0.4, 0.5) is 16.2 Å². The first-order valence-corrected chi connectivity index (χ1v) is 28.2. The number of para-hydroxylation sites is 1. The fraction of sp³-hybridized carbons (Fsp3) is 0.475. The van der Waals surface area contributed by atoms with Gasteiger partial charge in [0.05, 0.1) is 19.4 Å². The Hall–Kier alpha value is -8.27. The van der Waals surface area contributed by atoms with Crippen LogP contribution < -0.4 is 46.4 Å². The number of aryl methyl sites for hydroxylation is 1. The molecular formula is C59H78N11O11+3. The smallest absolute Gasteiger partial charge is 0.481 e. The molecule has 0 radical (unpaired) electrons. The zero-order valence-electron chi connectivity index (χ0n) is 46.5. The monoisotopic (exact) mass is 1120 g/mol. The second-order valence-electron chi connectivity index (χ2n) is 21.7. The zero-order valence-corrected chi connectivity index (χ0v) is 46.5. The Bertz CT molecular complexity index is 2870. The third-order valence-electron chi connectivity index (χ3n) is 15.3. The van der Waals surface area contributed by atoms with Crippen LogP contribution in [0.2, 0.25) is 0 Å². The van der Waals surface area contributed by atoms with E-state index in [0.717, 1.165) is 55.4 Å². The van der Waals surface area contributed by atoms with Crippen LogP contribution in [0.5, 0.6) is 0 Å². The maximum Gasteiger partial charge on any atom is 0.484 e. The van der Waals surface area contributed by atoms with E-state index in [1.165, 1.54) is 16.3 Å². The molecule has 4 aromatic rings. The van der Waals surface area contributed by atoms with Crippen LogP contribution >= 0.6 is 0 Å². The SMILES string of the molecule is Cc1ccccc1NC(=O)Nc1ccc(CC(=O)N[C@@H](CCCCNC(=O)CCC(=O)NCCCCCC[N+]23Cc4cccc[n+]4C2[n+]2ccccc2C3)C(=O)N[C@@H](CC(=O)O)C(=O)N[C@H](C(=O)N2CCC[C@H]2C(=O)O)C(C)C)cc1. The summed E-state index contributed by atoms with van der Waals surface area (Å²) in [5, 5.41) is 38.5. The molecule has 2 aromatic carbocycles. The van der Waals surface area contributed by atoms with Gasteiger partial charge in [0.2, 0.25) is 46.8 Å². The predicted octanol–water partition coefficient (Wildman–Crippen LogP) is 3.71. The average Bonchev–Trinajstić information content (AvgIpc) is 4.34. The van der Waals surface area contributed by atoms with Crippen LogP contribution in [0.3, 0.4) is 0 Å². The Morgan fingerprint density at radius 2 is 1.27 bits per heavy atom. The van der Waals surface area contributed by atoms with Crippen LogP contribution in [0.1, 0.15) is 120 Å². The lowest BCUT2D eigenvalue weighted by Crippen LogP contribution is -2.62. The van der Waals surface area contributed by atoms with Crippen molar-refractivity contribution in [3.05, 3.63) is 120 Å². The molecule has 1 saturated heterocycles. The number of hydrogen-bond donors (Lipinski definition) is 9. The van der Waals surface area contributed by atoms with Crippen LogP contribution in [0, 0.1) is 12.8 Å². The highest BCUT2D eigenvalue weighted by atomic mass is 16.4. The molecule has 0 aliphatic carbocycles. The number of fused-ring (bicyclic) bond motifs is 5. The van der Waals surface area contributed by atoms with Gasteiger partial charge in [0.15, 0.2) is 25.5 Å². The lowest BCUT2D eigenvalue weighted by Gasteiger charge is -2.30. The Morgan fingerprint density at radius 3 is 1.89 bits per heavy atom. The van der Waals surface area contributed by atoms with Crippen LogP contribution in [-0.4, -0.2) is 123 Å². The minimum Gasteiger partial charge on any atom is -0.481 e. The number of benzene rings is 2.